The maximum atomic E-state index is 11.7. The Hall–Kier alpha value is -6.57. The summed E-state index contributed by atoms with van der Waals surface area (Å²) < 4.78 is 21.5. The van der Waals surface area contributed by atoms with E-state index in [1.807, 2.05) is 79.7 Å². The summed E-state index contributed by atoms with van der Waals surface area (Å²) in [5, 5.41) is 30.5. The van der Waals surface area contributed by atoms with E-state index >= 15 is 0 Å². The third-order valence-electron chi connectivity index (χ3n) is 8.24. The number of nitro groups is 2. The molecular formula is C45H43BrN2O10. The summed E-state index contributed by atoms with van der Waals surface area (Å²) in [7, 11) is 0. The van der Waals surface area contributed by atoms with Gasteiger partial charge < -0.3 is 24.1 Å². The van der Waals surface area contributed by atoms with Gasteiger partial charge in [0, 0.05) is 29.6 Å². The number of aryl methyl sites for hydroxylation is 2. The number of alkyl halides is 1. The fraction of sp³-hybridized carbons (Fsp3) is 0.178. The maximum Gasteiger partial charge on any atom is 0.508 e. The highest BCUT2D eigenvalue weighted by molar-refractivity contribution is 9.08. The Bertz CT molecular complexity index is 2160. The van der Waals surface area contributed by atoms with Crippen molar-refractivity contribution in [2.24, 2.45) is 0 Å². The van der Waals surface area contributed by atoms with Crippen LogP contribution < -0.4 is 9.47 Å². The van der Waals surface area contributed by atoms with Gasteiger partial charge in [-0.2, -0.15) is 0 Å². The van der Waals surface area contributed by atoms with E-state index in [1.54, 1.807) is 12.1 Å². The summed E-state index contributed by atoms with van der Waals surface area (Å²) in [6.45, 7) is 5.26. The molecule has 1 N–H and O–H groups in total. The Kier molecular flexibility index (Phi) is 17.9. The topological polar surface area (TPSA) is 160 Å². The number of rotatable bonds is 14. The van der Waals surface area contributed by atoms with Crippen molar-refractivity contribution in [3.8, 4) is 11.5 Å². The lowest BCUT2D eigenvalue weighted by atomic mass is 10.2. The minimum Gasteiger partial charge on any atom is -0.489 e. The smallest absolute Gasteiger partial charge is 0.489 e. The Morgan fingerprint density at radius 3 is 1.16 bits per heavy atom. The van der Waals surface area contributed by atoms with E-state index in [0.29, 0.717) is 18.8 Å². The number of carbonyl (C=O) groups is 1. The molecule has 0 aromatic heterocycles. The van der Waals surface area contributed by atoms with E-state index in [2.05, 4.69) is 47.1 Å². The van der Waals surface area contributed by atoms with Crippen LogP contribution in [0.5, 0.6) is 11.5 Å². The molecule has 58 heavy (non-hydrogen) atoms. The molecule has 6 aromatic carbocycles. The van der Waals surface area contributed by atoms with Crippen LogP contribution in [0.3, 0.4) is 0 Å². The van der Waals surface area contributed by atoms with Crippen molar-refractivity contribution in [2.75, 3.05) is 0 Å². The summed E-state index contributed by atoms with van der Waals surface area (Å²) in [6, 6.07) is 43.4. The predicted molar refractivity (Wildman–Crippen MR) is 224 cm³/mol. The molecule has 0 bridgehead atoms. The molecule has 0 spiro atoms. The second-order valence-corrected chi connectivity index (χ2v) is 13.4. The molecule has 300 valence electrons. The Morgan fingerprint density at radius 1 is 0.500 bits per heavy atom. The van der Waals surface area contributed by atoms with Crippen molar-refractivity contribution >= 4 is 33.5 Å². The SMILES string of the molecule is Cc1ccc(COc2ccc(CO)cc2)cc1.Cc1ccc(COc2ccc(COC(=O)OCc3ccc([N+](=O)[O-])cc3)cc2)cc1.O=[N+]([O-])c1ccc(CBr)cc1. The predicted octanol–water partition coefficient (Wildman–Crippen LogP) is 10.9. The molecule has 13 heteroatoms. The highest BCUT2D eigenvalue weighted by Crippen LogP contribution is 2.18. The summed E-state index contributed by atoms with van der Waals surface area (Å²) >= 11 is 3.25. The zero-order chi connectivity index (χ0) is 41.7. The molecule has 0 unspecified atom stereocenters. The Morgan fingerprint density at radius 2 is 0.810 bits per heavy atom. The minimum atomic E-state index is -0.812. The number of aliphatic hydroxyl groups excluding tert-OH is 1. The highest BCUT2D eigenvalue weighted by atomic mass is 79.9. The molecule has 0 radical (unpaired) electrons. The van der Waals surface area contributed by atoms with Gasteiger partial charge in [-0.3, -0.25) is 20.2 Å². The van der Waals surface area contributed by atoms with Crippen molar-refractivity contribution in [2.45, 2.75) is 52.2 Å². The van der Waals surface area contributed by atoms with Gasteiger partial charge in [-0.25, -0.2) is 4.79 Å². The van der Waals surface area contributed by atoms with Gasteiger partial charge >= 0.3 is 6.16 Å². The Labute approximate surface area is 345 Å². The normalized spacial score (nSPS) is 10.1. The number of nitro benzene ring substituents is 2. The summed E-state index contributed by atoms with van der Waals surface area (Å²) in [5.41, 5.74) is 8.17. The molecule has 0 saturated heterocycles. The maximum absolute atomic E-state index is 11.7. The van der Waals surface area contributed by atoms with Gasteiger partial charge in [0.15, 0.2) is 0 Å². The van der Waals surface area contributed by atoms with Crippen molar-refractivity contribution in [3.63, 3.8) is 0 Å². The van der Waals surface area contributed by atoms with Gasteiger partial charge in [-0.05, 0) is 83.6 Å². The third kappa shape index (κ3) is 15.9. The molecule has 0 aliphatic carbocycles. The third-order valence-corrected chi connectivity index (χ3v) is 8.89. The summed E-state index contributed by atoms with van der Waals surface area (Å²) in [4.78, 5) is 31.7. The van der Waals surface area contributed by atoms with Gasteiger partial charge in [-0.15, -0.1) is 0 Å². The van der Waals surface area contributed by atoms with Crippen molar-refractivity contribution in [1.29, 1.82) is 0 Å². The lowest BCUT2D eigenvalue weighted by molar-refractivity contribution is -0.385. The van der Waals surface area contributed by atoms with Crippen LogP contribution in [0.15, 0.2) is 146 Å². The molecule has 6 aromatic rings. The van der Waals surface area contributed by atoms with Crippen LogP contribution >= 0.6 is 15.9 Å². The van der Waals surface area contributed by atoms with Crippen LogP contribution in [-0.2, 0) is 47.8 Å². The first-order chi connectivity index (χ1) is 28.0. The lowest BCUT2D eigenvalue weighted by Crippen LogP contribution is -2.07. The van der Waals surface area contributed by atoms with E-state index in [9.17, 15) is 25.0 Å². The van der Waals surface area contributed by atoms with Crippen LogP contribution in [0.2, 0.25) is 0 Å². The second kappa shape index (κ2) is 23.5. The first kappa shape index (κ1) is 44.1. The molecule has 0 aliphatic heterocycles. The van der Waals surface area contributed by atoms with Crippen LogP contribution in [0, 0.1) is 34.1 Å². The van der Waals surface area contributed by atoms with Gasteiger partial charge in [0.25, 0.3) is 11.4 Å². The van der Waals surface area contributed by atoms with Gasteiger partial charge in [-0.1, -0.05) is 112 Å². The molecule has 0 atom stereocenters. The number of aliphatic hydroxyl groups is 1. The number of carbonyl (C=O) groups excluding carboxylic acids is 1. The van der Waals surface area contributed by atoms with Crippen molar-refractivity contribution in [3.05, 3.63) is 210 Å². The van der Waals surface area contributed by atoms with Crippen LogP contribution in [-0.4, -0.2) is 21.1 Å². The zero-order valence-electron chi connectivity index (χ0n) is 32.0. The quantitative estimate of drug-likeness (QED) is 0.0483. The van der Waals surface area contributed by atoms with Gasteiger partial charge in [0.2, 0.25) is 0 Å². The van der Waals surface area contributed by atoms with E-state index in [4.69, 9.17) is 24.1 Å². The lowest BCUT2D eigenvalue weighted by Gasteiger charge is -2.09. The van der Waals surface area contributed by atoms with E-state index < -0.39 is 16.0 Å². The first-order valence-electron chi connectivity index (χ1n) is 18.0. The molecule has 0 aliphatic rings. The van der Waals surface area contributed by atoms with E-state index in [1.165, 1.54) is 47.5 Å². The van der Waals surface area contributed by atoms with Crippen molar-refractivity contribution < 1.29 is 38.7 Å². The molecular weight excluding hydrogens is 808 g/mol. The number of ether oxygens (including phenoxy) is 4. The van der Waals surface area contributed by atoms with Crippen LogP contribution in [0.4, 0.5) is 16.2 Å². The molecule has 0 amide bonds. The highest BCUT2D eigenvalue weighted by Gasteiger charge is 2.08. The monoisotopic (exact) mass is 850 g/mol. The van der Waals surface area contributed by atoms with Gasteiger partial charge in [0.05, 0.1) is 16.5 Å². The zero-order valence-corrected chi connectivity index (χ0v) is 33.6. The fourth-order valence-corrected chi connectivity index (χ4v) is 5.20. The van der Waals surface area contributed by atoms with E-state index in [0.717, 1.165) is 44.6 Å². The molecule has 0 saturated carbocycles. The molecule has 6 rings (SSSR count). The minimum absolute atomic E-state index is 0.0207. The number of non-ortho nitro benzene ring substituents is 2. The van der Waals surface area contributed by atoms with Gasteiger partial charge in [0.1, 0.15) is 37.9 Å². The Balaban J connectivity index is 0.000000222. The number of hydrogen-bond donors (Lipinski definition) is 1. The van der Waals surface area contributed by atoms with E-state index in [-0.39, 0.29) is 31.2 Å². The number of benzene rings is 6. The van der Waals surface area contributed by atoms with Crippen molar-refractivity contribution in [1.82, 2.24) is 0 Å². The largest absolute Gasteiger partial charge is 0.508 e. The summed E-state index contributed by atoms with van der Waals surface area (Å²) in [6.07, 6.45) is -0.812. The molecule has 0 heterocycles. The van der Waals surface area contributed by atoms with Crippen LogP contribution in [0.1, 0.15) is 44.5 Å². The fourth-order valence-electron chi connectivity index (χ4n) is 4.82. The standard InChI is InChI=1S/C23H21NO6.C15H16O2.C7H6BrNO2/c1-17-2-4-18(5-3-17)14-28-22-12-8-20(9-13-22)16-30-23(25)29-15-19-6-10-21(11-7-19)24(26)27;1-12-2-4-14(5-3-12)11-17-15-8-6-13(10-16)7-9-15;8-5-6-1-3-7(4-2-6)9(10)11/h2-13H,14-16H2,1H3;2-9,16H,10-11H2,1H3;1-4H,5H2. The molecule has 0 fully saturated rings. The first-order valence-corrected chi connectivity index (χ1v) is 19.1. The average molecular weight is 852 g/mol. The second-order valence-electron chi connectivity index (χ2n) is 12.8. The summed E-state index contributed by atoms with van der Waals surface area (Å²) in [5.74, 6) is 1.54. The molecule has 12 nitrogen and oxygen atoms in total. The number of hydrogen-bond acceptors (Lipinski definition) is 10. The average Bonchev–Trinajstić information content (AvgIpc) is 3.25. The number of halogens is 1. The number of nitrogens with zero attached hydrogens (tertiary/aromatic N) is 2. The van der Waals surface area contributed by atoms with Crippen LogP contribution in [0.25, 0.3) is 0 Å².